The largest absolute Gasteiger partial charge is 0.438 e. The third-order valence-corrected chi connectivity index (χ3v) is 4.12. The van der Waals surface area contributed by atoms with Gasteiger partial charge in [0.05, 0.1) is 18.6 Å². The maximum Gasteiger partial charge on any atom is 0.200 e. The van der Waals surface area contributed by atoms with Crippen molar-refractivity contribution in [2.45, 2.75) is 6.92 Å². The summed E-state index contributed by atoms with van der Waals surface area (Å²) in [6.45, 7) is 4.59. The number of nitrogens with zero attached hydrogens (tertiary/aromatic N) is 3. The number of hydrogen-bond acceptors (Lipinski definition) is 6. The van der Waals surface area contributed by atoms with Crippen LogP contribution in [-0.2, 0) is 4.74 Å². The Labute approximate surface area is 138 Å². The van der Waals surface area contributed by atoms with Crippen LogP contribution in [-0.4, -0.2) is 36.3 Å². The first-order chi connectivity index (χ1) is 11.7. The SMILES string of the molecule is Cc1cc(-c2nccc3c(=O)cc(N4CCOCC4)oc23)ccn1. The number of hydrogen-bond donors (Lipinski definition) is 0. The lowest BCUT2D eigenvalue weighted by atomic mass is 10.1. The van der Waals surface area contributed by atoms with Crippen molar-refractivity contribution in [3.63, 3.8) is 0 Å². The fourth-order valence-corrected chi connectivity index (χ4v) is 2.91. The molecule has 0 aliphatic carbocycles. The molecule has 1 fully saturated rings. The number of ether oxygens (including phenoxy) is 1. The van der Waals surface area contributed by atoms with Crippen LogP contribution in [0.2, 0.25) is 0 Å². The highest BCUT2D eigenvalue weighted by Crippen LogP contribution is 2.28. The van der Waals surface area contributed by atoms with Gasteiger partial charge in [-0.3, -0.25) is 14.8 Å². The van der Waals surface area contributed by atoms with Gasteiger partial charge in [-0.25, -0.2) is 0 Å². The van der Waals surface area contributed by atoms with Gasteiger partial charge in [0, 0.05) is 42.8 Å². The standard InChI is InChI=1S/C18H17N3O3/c1-12-10-13(2-4-19-12)17-18-14(3-5-20-17)15(22)11-16(24-18)21-6-8-23-9-7-21/h2-5,10-11H,6-9H2,1H3. The van der Waals surface area contributed by atoms with Crippen molar-refractivity contribution in [2.75, 3.05) is 31.2 Å². The van der Waals surface area contributed by atoms with Gasteiger partial charge in [-0.2, -0.15) is 0 Å². The molecule has 24 heavy (non-hydrogen) atoms. The van der Waals surface area contributed by atoms with Crippen LogP contribution in [0.3, 0.4) is 0 Å². The predicted molar refractivity (Wildman–Crippen MR) is 91.3 cm³/mol. The lowest BCUT2D eigenvalue weighted by Gasteiger charge is -2.27. The number of fused-ring (bicyclic) bond motifs is 1. The van der Waals surface area contributed by atoms with E-state index in [1.54, 1.807) is 24.5 Å². The summed E-state index contributed by atoms with van der Waals surface area (Å²) in [6.07, 6.45) is 3.37. The molecule has 1 saturated heterocycles. The van der Waals surface area contributed by atoms with E-state index in [1.807, 2.05) is 24.0 Å². The summed E-state index contributed by atoms with van der Waals surface area (Å²) in [5.74, 6) is 0.566. The van der Waals surface area contributed by atoms with Crippen molar-refractivity contribution in [3.05, 3.63) is 52.6 Å². The minimum atomic E-state index is -0.0628. The van der Waals surface area contributed by atoms with Gasteiger partial charge in [-0.05, 0) is 25.1 Å². The summed E-state index contributed by atoms with van der Waals surface area (Å²) in [5.41, 5.74) is 2.88. The van der Waals surface area contributed by atoms with Crippen LogP contribution in [0.1, 0.15) is 5.69 Å². The second kappa shape index (κ2) is 6.05. The molecule has 0 N–H and O–H groups in total. The molecule has 3 aromatic rings. The highest BCUT2D eigenvalue weighted by atomic mass is 16.5. The zero-order chi connectivity index (χ0) is 16.5. The van der Waals surface area contributed by atoms with Crippen LogP contribution in [0.25, 0.3) is 22.2 Å². The molecule has 0 atom stereocenters. The third kappa shape index (κ3) is 2.65. The van der Waals surface area contributed by atoms with Gasteiger partial charge in [-0.1, -0.05) is 0 Å². The second-order valence-electron chi connectivity index (χ2n) is 5.77. The van der Waals surface area contributed by atoms with Gasteiger partial charge < -0.3 is 14.1 Å². The molecular formula is C18H17N3O3. The number of rotatable bonds is 2. The van der Waals surface area contributed by atoms with Crippen molar-refractivity contribution in [1.82, 2.24) is 9.97 Å². The fourth-order valence-electron chi connectivity index (χ4n) is 2.91. The van der Waals surface area contributed by atoms with Crippen LogP contribution in [0.5, 0.6) is 0 Å². The molecule has 1 aliphatic rings. The van der Waals surface area contributed by atoms with Gasteiger partial charge in [0.25, 0.3) is 0 Å². The van der Waals surface area contributed by atoms with E-state index in [1.165, 1.54) is 0 Å². The summed E-state index contributed by atoms with van der Waals surface area (Å²) >= 11 is 0. The molecule has 6 heteroatoms. The van der Waals surface area contributed by atoms with E-state index in [4.69, 9.17) is 9.15 Å². The highest BCUT2D eigenvalue weighted by molar-refractivity contribution is 5.90. The topological polar surface area (TPSA) is 68.5 Å². The average Bonchev–Trinajstić information content (AvgIpc) is 2.62. The Morgan fingerprint density at radius 3 is 2.67 bits per heavy atom. The normalized spacial score (nSPS) is 15.0. The molecule has 3 aromatic heterocycles. The average molecular weight is 323 g/mol. The Morgan fingerprint density at radius 1 is 1.08 bits per heavy atom. The highest BCUT2D eigenvalue weighted by Gasteiger charge is 2.17. The monoisotopic (exact) mass is 323 g/mol. The van der Waals surface area contributed by atoms with Crippen LogP contribution in [0.4, 0.5) is 5.88 Å². The Bertz CT molecular complexity index is 946. The molecule has 0 aromatic carbocycles. The van der Waals surface area contributed by atoms with Crippen LogP contribution in [0.15, 0.2) is 45.9 Å². The first-order valence-corrected chi connectivity index (χ1v) is 7.91. The van der Waals surface area contributed by atoms with Gasteiger partial charge in [0.15, 0.2) is 16.9 Å². The zero-order valence-electron chi connectivity index (χ0n) is 13.4. The van der Waals surface area contributed by atoms with Gasteiger partial charge in [-0.15, -0.1) is 0 Å². The van der Waals surface area contributed by atoms with Crippen LogP contribution in [0, 0.1) is 6.92 Å². The molecule has 0 saturated carbocycles. The molecule has 122 valence electrons. The van der Waals surface area contributed by atoms with E-state index in [9.17, 15) is 4.79 Å². The van der Waals surface area contributed by atoms with Crippen molar-refractivity contribution < 1.29 is 9.15 Å². The lowest BCUT2D eigenvalue weighted by molar-refractivity contribution is 0.121. The van der Waals surface area contributed by atoms with Crippen molar-refractivity contribution in [1.29, 1.82) is 0 Å². The first-order valence-electron chi connectivity index (χ1n) is 7.91. The zero-order valence-corrected chi connectivity index (χ0v) is 13.4. The quantitative estimate of drug-likeness (QED) is 0.721. The molecule has 0 spiro atoms. The van der Waals surface area contributed by atoms with Crippen LogP contribution < -0.4 is 10.3 Å². The molecule has 4 rings (SSSR count). The molecule has 1 aliphatic heterocycles. The third-order valence-electron chi connectivity index (χ3n) is 4.12. The molecule has 0 amide bonds. The van der Waals surface area contributed by atoms with E-state index >= 15 is 0 Å². The molecule has 0 unspecified atom stereocenters. The van der Waals surface area contributed by atoms with E-state index in [-0.39, 0.29) is 5.43 Å². The van der Waals surface area contributed by atoms with Gasteiger partial charge >= 0.3 is 0 Å². The molecule has 0 bridgehead atoms. The van der Waals surface area contributed by atoms with Gasteiger partial charge in [0.1, 0.15) is 5.69 Å². The number of anilines is 1. The number of aromatic nitrogens is 2. The van der Waals surface area contributed by atoms with E-state index in [0.29, 0.717) is 48.9 Å². The Hall–Kier alpha value is -2.73. The summed E-state index contributed by atoms with van der Waals surface area (Å²) < 4.78 is 11.5. The van der Waals surface area contributed by atoms with Crippen LogP contribution >= 0.6 is 0 Å². The van der Waals surface area contributed by atoms with Crippen molar-refractivity contribution in [3.8, 4) is 11.3 Å². The Balaban J connectivity index is 1.91. The summed E-state index contributed by atoms with van der Waals surface area (Å²) in [4.78, 5) is 23.2. The maximum atomic E-state index is 12.5. The second-order valence-corrected chi connectivity index (χ2v) is 5.77. The predicted octanol–water partition coefficient (Wildman–Crippen LogP) is 2.40. The number of pyridine rings is 2. The molecule has 0 radical (unpaired) electrons. The van der Waals surface area contributed by atoms with Gasteiger partial charge in [0.2, 0.25) is 0 Å². The first kappa shape index (κ1) is 14.8. The smallest absolute Gasteiger partial charge is 0.200 e. The minimum absolute atomic E-state index is 0.0628. The van der Waals surface area contributed by atoms with Crippen molar-refractivity contribution >= 4 is 16.9 Å². The number of morpholine rings is 1. The van der Waals surface area contributed by atoms with E-state index in [2.05, 4.69) is 9.97 Å². The fraction of sp³-hybridized carbons (Fsp3) is 0.278. The minimum Gasteiger partial charge on any atom is -0.438 e. The summed E-state index contributed by atoms with van der Waals surface area (Å²) in [6, 6.07) is 7.05. The lowest BCUT2D eigenvalue weighted by Crippen LogP contribution is -2.36. The van der Waals surface area contributed by atoms with Crippen molar-refractivity contribution in [2.24, 2.45) is 0 Å². The molecule has 6 nitrogen and oxygen atoms in total. The maximum absolute atomic E-state index is 12.5. The molecular weight excluding hydrogens is 306 g/mol. The number of aryl methyl sites for hydroxylation is 1. The van der Waals surface area contributed by atoms with E-state index in [0.717, 1.165) is 11.3 Å². The Morgan fingerprint density at radius 2 is 1.88 bits per heavy atom. The van der Waals surface area contributed by atoms with E-state index < -0.39 is 0 Å². The summed E-state index contributed by atoms with van der Waals surface area (Å²) in [7, 11) is 0. The molecule has 4 heterocycles. The Kier molecular flexibility index (Phi) is 3.74. The summed E-state index contributed by atoms with van der Waals surface area (Å²) in [5, 5.41) is 0.534.